The monoisotopic (exact) mass is 224 g/mol. The molecule has 1 saturated carbocycles. The van der Waals surface area contributed by atoms with Crippen LogP contribution in [-0.4, -0.2) is 19.3 Å². The van der Waals surface area contributed by atoms with Crippen LogP contribution in [0.25, 0.3) is 0 Å². The van der Waals surface area contributed by atoms with Gasteiger partial charge in [0.2, 0.25) is 0 Å². The molecule has 1 aliphatic rings. The smallest absolute Gasteiger partial charge is 0.391 e. The summed E-state index contributed by atoms with van der Waals surface area (Å²) in [6, 6.07) is 0. The fourth-order valence-corrected chi connectivity index (χ4v) is 2.01. The minimum atomic E-state index is -4.07. The molecule has 0 radical (unpaired) electrons. The van der Waals surface area contributed by atoms with Crippen LogP contribution in [0, 0.1) is 11.8 Å². The van der Waals surface area contributed by atoms with Gasteiger partial charge in [0.25, 0.3) is 0 Å². The van der Waals surface area contributed by atoms with Crippen LogP contribution in [-0.2, 0) is 9.53 Å². The molecule has 0 bridgehead atoms. The lowest BCUT2D eigenvalue weighted by Gasteiger charge is -2.29. The lowest BCUT2D eigenvalue weighted by Crippen LogP contribution is -2.28. The van der Waals surface area contributed by atoms with E-state index in [4.69, 9.17) is 0 Å². The van der Waals surface area contributed by atoms with Crippen LogP contribution >= 0.6 is 0 Å². The molecule has 0 heterocycles. The van der Waals surface area contributed by atoms with Crippen molar-refractivity contribution in [3.63, 3.8) is 0 Å². The molecule has 5 heteroatoms. The van der Waals surface area contributed by atoms with Crippen LogP contribution in [0.4, 0.5) is 13.2 Å². The Labute approximate surface area is 86.8 Å². The molecular weight excluding hydrogens is 209 g/mol. The van der Waals surface area contributed by atoms with E-state index in [1.807, 2.05) is 0 Å². The second kappa shape index (κ2) is 4.86. The van der Waals surface area contributed by atoms with Crippen molar-refractivity contribution in [2.45, 2.75) is 38.3 Å². The fourth-order valence-electron chi connectivity index (χ4n) is 2.01. The third kappa shape index (κ3) is 3.72. The molecule has 1 rings (SSSR count). The Morgan fingerprint density at radius 2 is 1.80 bits per heavy atom. The first-order valence-electron chi connectivity index (χ1n) is 5.07. The zero-order valence-corrected chi connectivity index (χ0v) is 8.64. The van der Waals surface area contributed by atoms with Crippen molar-refractivity contribution in [1.82, 2.24) is 0 Å². The largest absolute Gasteiger partial charge is 0.469 e. The number of hydrogen-bond acceptors (Lipinski definition) is 2. The standard InChI is InChI=1S/C10H15F3O2/c1-15-9(14)6-7-2-4-8(5-3-7)10(11,12)13/h7-8H,2-6H2,1H3. The minimum absolute atomic E-state index is 0.0658. The summed E-state index contributed by atoms with van der Waals surface area (Å²) in [7, 11) is 1.30. The lowest BCUT2D eigenvalue weighted by molar-refractivity contribution is -0.184. The average molecular weight is 224 g/mol. The number of halogens is 3. The average Bonchev–Trinajstić information content (AvgIpc) is 2.17. The number of hydrogen-bond donors (Lipinski definition) is 0. The van der Waals surface area contributed by atoms with E-state index < -0.39 is 12.1 Å². The molecule has 15 heavy (non-hydrogen) atoms. The summed E-state index contributed by atoms with van der Waals surface area (Å²) in [5.41, 5.74) is 0. The van der Waals surface area contributed by atoms with Gasteiger partial charge < -0.3 is 4.74 Å². The van der Waals surface area contributed by atoms with Gasteiger partial charge in [0.05, 0.1) is 13.0 Å². The maximum atomic E-state index is 12.3. The second-order valence-electron chi connectivity index (χ2n) is 4.04. The van der Waals surface area contributed by atoms with Crippen LogP contribution in [0.1, 0.15) is 32.1 Å². The van der Waals surface area contributed by atoms with Gasteiger partial charge in [-0.2, -0.15) is 13.2 Å². The van der Waals surface area contributed by atoms with Crippen LogP contribution in [0.3, 0.4) is 0 Å². The summed E-state index contributed by atoms with van der Waals surface area (Å²) in [5.74, 6) is -1.44. The highest BCUT2D eigenvalue weighted by atomic mass is 19.4. The quantitative estimate of drug-likeness (QED) is 0.674. The molecule has 1 aliphatic carbocycles. The molecule has 0 aromatic heterocycles. The van der Waals surface area contributed by atoms with Crippen LogP contribution in [0.2, 0.25) is 0 Å². The number of ether oxygens (including phenoxy) is 1. The minimum Gasteiger partial charge on any atom is -0.469 e. The molecule has 0 saturated heterocycles. The Balaban J connectivity index is 2.33. The van der Waals surface area contributed by atoms with Crippen molar-refractivity contribution in [3.8, 4) is 0 Å². The molecular formula is C10H15F3O2. The van der Waals surface area contributed by atoms with Crippen molar-refractivity contribution in [3.05, 3.63) is 0 Å². The van der Waals surface area contributed by atoms with E-state index in [0.29, 0.717) is 12.8 Å². The Morgan fingerprint density at radius 1 is 1.27 bits per heavy atom. The molecule has 0 aromatic carbocycles. The highest BCUT2D eigenvalue weighted by molar-refractivity contribution is 5.69. The second-order valence-corrected chi connectivity index (χ2v) is 4.04. The molecule has 0 aromatic rings. The molecule has 0 spiro atoms. The summed E-state index contributed by atoms with van der Waals surface area (Å²) in [6.45, 7) is 0. The van der Waals surface area contributed by atoms with Crippen molar-refractivity contribution < 1.29 is 22.7 Å². The van der Waals surface area contributed by atoms with E-state index in [-0.39, 0.29) is 31.1 Å². The first kappa shape index (κ1) is 12.3. The van der Waals surface area contributed by atoms with Crippen LogP contribution < -0.4 is 0 Å². The summed E-state index contributed by atoms with van der Waals surface area (Å²) >= 11 is 0. The summed E-state index contributed by atoms with van der Waals surface area (Å²) in [6.07, 6.45) is -2.59. The van der Waals surface area contributed by atoms with Gasteiger partial charge in [0.1, 0.15) is 0 Å². The Morgan fingerprint density at radius 3 is 2.20 bits per heavy atom. The molecule has 88 valence electrons. The van der Waals surface area contributed by atoms with Crippen molar-refractivity contribution in [2.75, 3.05) is 7.11 Å². The van der Waals surface area contributed by atoms with E-state index in [0.717, 1.165) is 0 Å². The number of carbonyl (C=O) groups is 1. The van der Waals surface area contributed by atoms with E-state index in [1.165, 1.54) is 7.11 Å². The zero-order chi connectivity index (χ0) is 11.5. The molecule has 0 aliphatic heterocycles. The van der Waals surface area contributed by atoms with Crippen LogP contribution in [0.15, 0.2) is 0 Å². The number of rotatable bonds is 2. The zero-order valence-electron chi connectivity index (χ0n) is 8.64. The number of esters is 1. The van der Waals surface area contributed by atoms with Gasteiger partial charge in [-0.25, -0.2) is 0 Å². The molecule has 0 atom stereocenters. The predicted molar refractivity (Wildman–Crippen MR) is 48.1 cm³/mol. The number of methoxy groups -OCH3 is 1. The first-order valence-corrected chi connectivity index (χ1v) is 5.07. The predicted octanol–water partition coefficient (Wildman–Crippen LogP) is 2.92. The fraction of sp³-hybridized carbons (Fsp3) is 0.900. The Hall–Kier alpha value is -0.740. The maximum absolute atomic E-state index is 12.3. The molecule has 0 amide bonds. The number of alkyl halides is 3. The highest BCUT2D eigenvalue weighted by Crippen LogP contribution is 2.40. The van der Waals surface area contributed by atoms with Gasteiger partial charge in [0.15, 0.2) is 0 Å². The molecule has 2 nitrogen and oxygen atoms in total. The molecule has 0 unspecified atom stereocenters. The topological polar surface area (TPSA) is 26.3 Å². The Kier molecular flexibility index (Phi) is 3.99. The van der Waals surface area contributed by atoms with Gasteiger partial charge in [-0.1, -0.05) is 0 Å². The van der Waals surface area contributed by atoms with Gasteiger partial charge in [-0.05, 0) is 31.6 Å². The number of carbonyl (C=O) groups excluding carboxylic acids is 1. The van der Waals surface area contributed by atoms with Crippen molar-refractivity contribution in [2.24, 2.45) is 11.8 Å². The van der Waals surface area contributed by atoms with Crippen LogP contribution in [0.5, 0.6) is 0 Å². The lowest BCUT2D eigenvalue weighted by atomic mass is 9.80. The van der Waals surface area contributed by atoms with Crippen molar-refractivity contribution in [1.29, 1.82) is 0 Å². The van der Waals surface area contributed by atoms with Crippen molar-refractivity contribution >= 4 is 5.97 Å². The third-order valence-electron chi connectivity index (χ3n) is 2.99. The SMILES string of the molecule is COC(=O)CC1CCC(C(F)(F)F)CC1. The van der Waals surface area contributed by atoms with E-state index in [2.05, 4.69) is 4.74 Å². The first-order chi connectivity index (χ1) is 6.93. The summed E-state index contributed by atoms with van der Waals surface area (Å²) < 4.78 is 41.4. The van der Waals surface area contributed by atoms with Gasteiger partial charge in [-0.15, -0.1) is 0 Å². The van der Waals surface area contributed by atoms with Gasteiger partial charge >= 0.3 is 12.1 Å². The molecule has 1 fully saturated rings. The summed E-state index contributed by atoms with van der Waals surface area (Å²) in [4.78, 5) is 10.9. The Bertz CT molecular complexity index is 217. The maximum Gasteiger partial charge on any atom is 0.391 e. The van der Waals surface area contributed by atoms with Gasteiger partial charge in [-0.3, -0.25) is 4.79 Å². The third-order valence-corrected chi connectivity index (χ3v) is 2.99. The van der Waals surface area contributed by atoms with E-state index in [9.17, 15) is 18.0 Å². The van der Waals surface area contributed by atoms with E-state index in [1.54, 1.807) is 0 Å². The normalized spacial score (nSPS) is 27.5. The van der Waals surface area contributed by atoms with Gasteiger partial charge in [0, 0.05) is 6.42 Å². The highest BCUT2D eigenvalue weighted by Gasteiger charge is 2.41. The molecule has 0 N–H and O–H groups in total. The summed E-state index contributed by atoms with van der Waals surface area (Å²) in [5, 5.41) is 0. The van der Waals surface area contributed by atoms with E-state index >= 15 is 0 Å².